The summed E-state index contributed by atoms with van der Waals surface area (Å²) in [5.41, 5.74) is 0. The molecule has 94 valence electrons. The first-order valence-corrected chi connectivity index (χ1v) is 5.83. The quantitative estimate of drug-likeness (QED) is 0.712. The van der Waals surface area contributed by atoms with Crippen LogP contribution in [0.3, 0.4) is 0 Å². The molecule has 0 aliphatic heterocycles. The first-order valence-electron chi connectivity index (χ1n) is 5.83. The molecule has 0 aromatic heterocycles. The van der Waals surface area contributed by atoms with Crippen LogP contribution in [0.5, 0.6) is 0 Å². The molecule has 0 atom stereocenters. The van der Waals surface area contributed by atoms with Crippen molar-refractivity contribution in [2.24, 2.45) is 0 Å². The average molecular weight is 229 g/mol. The summed E-state index contributed by atoms with van der Waals surface area (Å²) in [6.07, 6.45) is 0.354. The highest BCUT2D eigenvalue weighted by atomic mass is 16.2. The molecule has 0 saturated carbocycles. The Hall–Kier alpha value is -1.26. The Labute approximate surface area is 97.6 Å². The topological polar surface area (TPSA) is 61.4 Å². The van der Waals surface area contributed by atoms with Crippen molar-refractivity contribution in [2.75, 3.05) is 19.6 Å². The number of hydrogen-bond donors (Lipinski definition) is 2. The van der Waals surface area contributed by atoms with Gasteiger partial charge in [-0.1, -0.05) is 0 Å². The van der Waals surface area contributed by atoms with Crippen molar-refractivity contribution in [3.8, 4) is 0 Å². The number of nitrogens with zero attached hydrogens (tertiary/aromatic N) is 1. The summed E-state index contributed by atoms with van der Waals surface area (Å²) in [5.74, 6) is 0.0786. The predicted octanol–water partition coefficient (Wildman–Crippen LogP) is 0.953. The average Bonchev–Trinajstić information content (AvgIpc) is 2.18. The number of hydrogen-bond acceptors (Lipinski definition) is 2. The van der Waals surface area contributed by atoms with Gasteiger partial charge >= 0.3 is 6.03 Å². The van der Waals surface area contributed by atoms with Gasteiger partial charge in [-0.2, -0.15) is 0 Å². The Morgan fingerprint density at radius 3 is 2.19 bits per heavy atom. The molecule has 0 saturated heterocycles. The second-order valence-electron chi connectivity index (χ2n) is 3.87. The second-order valence-corrected chi connectivity index (χ2v) is 3.87. The molecule has 0 heterocycles. The molecule has 0 bridgehead atoms. The number of amides is 3. The molecule has 5 nitrogen and oxygen atoms in total. The maximum atomic E-state index is 11.6. The van der Waals surface area contributed by atoms with Gasteiger partial charge in [0.1, 0.15) is 0 Å². The molecular weight excluding hydrogens is 206 g/mol. The van der Waals surface area contributed by atoms with Gasteiger partial charge in [0.15, 0.2) is 0 Å². The van der Waals surface area contributed by atoms with Crippen molar-refractivity contribution in [1.82, 2.24) is 15.5 Å². The molecule has 0 aromatic rings. The molecule has 5 heteroatoms. The van der Waals surface area contributed by atoms with E-state index in [1.54, 1.807) is 4.90 Å². The summed E-state index contributed by atoms with van der Waals surface area (Å²) in [6.45, 7) is 9.48. The summed E-state index contributed by atoms with van der Waals surface area (Å²) in [5, 5.41) is 5.35. The largest absolute Gasteiger partial charge is 0.343 e. The lowest BCUT2D eigenvalue weighted by atomic mass is 10.3. The van der Waals surface area contributed by atoms with Crippen LogP contribution in [0.15, 0.2) is 0 Å². The molecule has 0 spiro atoms. The van der Waals surface area contributed by atoms with E-state index in [1.807, 2.05) is 27.7 Å². The van der Waals surface area contributed by atoms with Crippen molar-refractivity contribution in [3.05, 3.63) is 0 Å². The van der Waals surface area contributed by atoms with E-state index in [1.165, 1.54) is 0 Å². The van der Waals surface area contributed by atoms with E-state index in [4.69, 9.17) is 0 Å². The zero-order valence-corrected chi connectivity index (χ0v) is 10.7. The maximum absolute atomic E-state index is 11.6. The Morgan fingerprint density at radius 1 is 1.19 bits per heavy atom. The number of carbonyl (C=O) groups excluding carboxylic acids is 2. The molecule has 3 amide bonds. The SMILES string of the molecule is CCN(CC)C(=O)CCNC(=O)NC(C)C. The number of rotatable bonds is 6. The number of carbonyl (C=O) groups is 2. The molecule has 0 aliphatic rings. The van der Waals surface area contributed by atoms with Gasteiger partial charge in [0.2, 0.25) is 5.91 Å². The highest BCUT2D eigenvalue weighted by molar-refractivity contribution is 5.78. The Bertz CT molecular complexity index is 225. The second kappa shape index (κ2) is 7.96. The summed E-state index contributed by atoms with van der Waals surface area (Å²) in [6, 6.07) is -0.110. The van der Waals surface area contributed by atoms with Gasteiger partial charge in [-0.15, -0.1) is 0 Å². The zero-order chi connectivity index (χ0) is 12.6. The van der Waals surface area contributed by atoms with Gasteiger partial charge in [0.05, 0.1) is 0 Å². The smallest absolute Gasteiger partial charge is 0.315 e. The van der Waals surface area contributed by atoms with Gasteiger partial charge in [0, 0.05) is 32.1 Å². The Morgan fingerprint density at radius 2 is 1.75 bits per heavy atom. The van der Waals surface area contributed by atoms with E-state index in [-0.39, 0.29) is 18.0 Å². The fourth-order valence-corrected chi connectivity index (χ4v) is 1.33. The lowest BCUT2D eigenvalue weighted by molar-refractivity contribution is -0.130. The van der Waals surface area contributed by atoms with E-state index in [9.17, 15) is 9.59 Å². The van der Waals surface area contributed by atoms with Crippen molar-refractivity contribution < 1.29 is 9.59 Å². The molecule has 0 aliphatic carbocycles. The molecular formula is C11H23N3O2. The highest BCUT2D eigenvalue weighted by Gasteiger charge is 2.09. The van der Waals surface area contributed by atoms with Gasteiger partial charge in [-0.25, -0.2) is 4.79 Å². The first-order chi connectivity index (χ1) is 7.51. The minimum absolute atomic E-state index is 0.0786. The van der Waals surface area contributed by atoms with Crippen LogP contribution >= 0.6 is 0 Å². The third-order valence-corrected chi connectivity index (χ3v) is 2.16. The van der Waals surface area contributed by atoms with Crippen LogP contribution in [0.1, 0.15) is 34.1 Å². The van der Waals surface area contributed by atoms with E-state index in [0.29, 0.717) is 26.1 Å². The van der Waals surface area contributed by atoms with Crippen molar-refractivity contribution in [2.45, 2.75) is 40.2 Å². The van der Waals surface area contributed by atoms with Crippen molar-refractivity contribution in [1.29, 1.82) is 0 Å². The van der Waals surface area contributed by atoms with Crippen molar-refractivity contribution in [3.63, 3.8) is 0 Å². The fourth-order valence-electron chi connectivity index (χ4n) is 1.33. The fraction of sp³-hybridized carbons (Fsp3) is 0.818. The monoisotopic (exact) mass is 229 g/mol. The van der Waals surface area contributed by atoms with E-state index in [2.05, 4.69) is 10.6 Å². The molecule has 0 radical (unpaired) electrons. The third kappa shape index (κ3) is 6.27. The van der Waals surface area contributed by atoms with Crippen LogP contribution in [0.2, 0.25) is 0 Å². The third-order valence-electron chi connectivity index (χ3n) is 2.16. The predicted molar refractivity (Wildman–Crippen MR) is 64.2 cm³/mol. The van der Waals surface area contributed by atoms with E-state index >= 15 is 0 Å². The van der Waals surface area contributed by atoms with Gasteiger partial charge in [-0.3, -0.25) is 4.79 Å². The standard InChI is InChI=1S/C11H23N3O2/c1-5-14(6-2)10(15)7-8-12-11(16)13-9(3)4/h9H,5-8H2,1-4H3,(H2,12,13,16). The van der Waals surface area contributed by atoms with Gasteiger partial charge < -0.3 is 15.5 Å². The highest BCUT2D eigenvalue weighted by Crippen LogP contribution is 1.92. The minimum atomic E-state index is -0.220. The van der Waals surface area contributed by atoms with Crippen LogP contribution in [0, 0.1) is 0 Å². The molecule has 0 aromatic carbocycles. The lowest BCUT2D eigenvalue weighted by Gasteiger charge is -2.18. The van der Waals surface area contributed by atoms with Crippen LogP contribution in [-0.2, 0) is 4.79 Å². The molecule has 0 rings (SSSR count). The normalized spacial score (nSPS) is 10.1. The first kappa shape index (κ1) is 14.7. The molecule has 2 N–H and O–H groups in total. The van der Waals surface area contributed by atoms with Gasteiger partial charge in [-0.05, 0) is 27.7 Å². The van der Waals surface area contributed by atoms with Crippen LogP contribution in [0.4, 0.5) is 4.79 Å². The van der Waals surface area contributed by atoms with Crippen LogP contribution in [0.25, 0.3) is 0 Å². The lowest BCUT2D eigenvalue weighted by Crippen LogP contribution is -2.41. The Balaban J connectivity index is 3.73. The number of nitrogens with one attached hydrogen (secondary N) is 2. The molecule has 0 fully saturated rings. The molecule has 0 unspecified atom stereocenters. The van der Waals surface area contributed by atoms with E-state index < -0.39 is 0 Å². The van der Waals surface area contributed by atoms with Crippen molar-refractivity contribution >= 4 is 11.9 Å². The minimum Gasteiger partial charge on any atom is -0.343 e. The summed E-state index contributed by atoms with van der Waals surface area (Å²) in [7, 11) is 0. The van der Waals surface area contributed by atoms with Gasteiger partial charge in [0.25, 0.3) is 0 Å². The Kier molecular flexibility index (Phi) is 7.33. The van der Waals surface area contributed by atoms with E-state index in [0.717, 1.165) is 0 Å². The molecule has 16 heavy (non-hydrogen) atoms. The summed E-state index contributed by atoms with van der Waals surface area (Å²) >= 11 is 0. The zero-order valence-electron chi connectivity index (χ0n) is 10.7. The maximum Gasteiger partial charge on any atom is 0.315 e. The number of urea groups is 1. The summed E-state index contributed by atoms with van der Waals surface area (Å²) in [4.78, 5) is 24.5. The summed E-state index contributed by atoms with van der Waals surface area (Å²) < 4.78 is 0. The van der Waals surface area contributed by atoms with Crippen LogP contribution in [-0.4, -0.2) is 42.5 Å². The van der Waals surface area contributed by atoms with Crippen LogP contribution < -0.4 is 10.6 Å².